The van der Waals surface area contributed by atoms with Crippen molar-refractivity contribution in [2.24, 2.45) is 0 Å². The molecule has 3 nitrogen and oxygen atoms in total. The molecule has 0 unspecified atom stereocenters. The molecule has 1 aromatic heterocycles. The van der Waals surface area contributed by atoms with E-state index in [1.807, 2.05) is 13.0 Å². The zero-order valence-corrected chi connectivity index (χ0v) is 16.6. The number of piperidine rings is 1. The highest BCUT2D eigenvalue weighted by Gasteiger charge is 2.37. The normalized spacial score (nSPS) is 17.9. The number of oxazole rings is 1. The van der Waals surface area contributed by atoms with Crippen LogP contribution in [0.4, 0.5) is 0 Å². The van der Waals surface area contributed by atoms with Crippen LogP contribution in [0.1, 0.15) is 41.0 Å². The third-order valence-electron chi connectivity index (χ3n) is 6.47. The molecule has 5 rings (SSSR count). The zero-order valence-electron chi connectivity index (χ0n) is 16.6. The van der Waals surface area contributed by atoms with Crippen LogP contribution in [0.15, 0.2) is 59.0 Å². The number of nitrogens with zero attached hydrogens (tertiary/aromatic N) is 2. The summed E-state index contributed by atoms with van der Waals surface area (Å²) < 4.78 is 6.01. The highest BCUT2D eigenvalue weighted by atomic mass is 16.4. The van der Waals surface area contributed by atoms with Crippen LogP contribution in [-0.2, 0) is 12.0 Å². The molecule has 2 heterocycles. The van der Waals surface area contributed by atoms with Crippen molar-refractivity contribution in [2.75, 3.05) is 13.1 Å². The predicted molar refractivity (Wildman–Crippen MR) is 113 cm³/mol. The summed E-state index contributed by atoms with van der Waals surface area (Å²) in [6.45, 7) is 7.18. The van der Waals surface area contributed by atoms with E-state index in [4.69, 9.17) is 9.40 Å². The monoisotopic (exact) mass is 370 g/mol. The maximum atomic E-state index is 6.01. The van der Waals surface area contributed by atoms with Crippen molar-refractivity contribution < 1.29 is 4.42 Å². The maximum Gasteiger partial charge on any atom is 0.226 e. The third-order valence-corrected chi connectivity index (χ3v) is 6.47. The fourth-order valence-electron chi connectivity index (χ4n) is 4.70. The van der Waals surface area contributed by atoms with Crippen LogP contribution in [0, 0.1) is 13.8 Å². The van der Waals surface area contributed by atoms with Gasteiger partial charge in [0, 0.05) is 17.5 Å². The van der Waals surface area contributed by atoms with Crippen LogP contribution in [0.25, 0.3) is 17.5 Å². The van der Waals surface area contributed by atoms with E-state index < -0.39 is 0 Å². The average Bonchev–Trinajstić information content (AvgIpc) is 3.26. The van der Waals surface area contributed by atoms with Crippen molar-refractivity contribution in [2.45, 2.75) is 38.6 Å². The lowest BCUT2D eigenvalue weighted by molar-refractivity contribution is 0.175. The SMILES string of the molecule is Cc1ccccc1-c1nc(CN2CCC3(C=Cc4ccccc43)CC2)c(C)o1. The van der Waals surface area contributed by atoms with Crippen LogP contribution in [0.3, 0.4) is 0 Å². The van der Waals surface area contributed by atoms with E-state index in [2.05, 4.69) is 66.4 Å². The topological polar surface area (TPSA) is 29.3 Å². The lowest BCUT2D eigenvalue weighted by atomic mass is 9.74. The van der Waals surface area contributed by atoms with Gasteiger partial charge in [0.15, 0.2) is 0 Å². The molecule has 0 amide bonds. The van der Waals surface area contributed by atoms with Gasteiger partial charge in [0.2, 0.25) is 5.89 Å². The van der Waals surface area contributed by atoms with Gasteiger partial charge in [-0.2, -0.15) is 0 Å². The van der Waals surface area contributed by atoms with Gasteiger partial charge in [-0.3, -0.25) is 4.90 Å². The molecule has 142 valence electrons. The van der Waals surface area contributed by atoms with Gasteiger partial charge < -0.3 is 4.42 Å². The van der Waals surface area contributed by atoms with Crippen molar-refractivity contribution in [1.29, 1.82) is 0 Å². The first-order valence-corrected chi connectivity index (χ1v) is 10.2. The molecule has 0 saturated carbocycles. The zero-order chi connectivity index (χ0) is 19.1. The summed E-state index contributed by atoms with van der Waals surface area (Å²) in [5, 5.41) is 0. The Balaban J connectivity index is 1.31. The smallest absolute Gasteiger partial charge is 0.226 e. The van der Waals surface area contributed by atoms with Gasteiger partial charge in [-0.15, -0.1) is 0 Å². The molecular weight excluding hydrogens is 344 g/mol. The van der Waals surface area contributed by atoms with Gasteiger partial charge >= 0.3 is 0 Å². The minimum Gasteiger partial charge on any atom is -0.441 e. The van der Waals surface area contributed by atoms with E-state index in [0.717, 1.165) is 42.5 Å². The van der Waals surface area contributed by atoms with Crippen molar-refractivity contribution >= 4 is 6.08 Å². The van der Waals surface area contributed by atoms with Gasteiger partial charge in [0.25, 0.3) is 0 Å². The second kappa shape index (κ2) is 6.75. The van der Waals surface area contributed by atoms with Gasteiger partial charge in [0.05, 0.1) is 5.69 Å². The molecular formula is C25H26N2O. The molecule has 1 spiro atoms. The second-order valence-corrected chi connectivity index (χ2v) is 8.19. The summed E-state index contributed by atoms with van der Waals surface area (Å²) in [7, 11) is 0. The summed E-state index contributed by atoms with van der Waals surface area (Å²) in [5.74, 6) is 1.68. The third kappa shape index (κ3) is 2.91. The van der Waals surface area contributed by atoms with Crippen molar-refractivity contribution in [3.05, 3.63) is 82.8 Å². The standard InChI is InChI=1S/C25H26N2O/c1-18-7-3-5-9-21(18)24-26-23(19(2)28-24)17-27-15-13-25(14-16-27)12-11-20-8-4-6-10-22(20)25/h3-12H,13-17H2,1-2H3. The van der Waals surface area contributed by atoms with Crippen LogP contribution < -0.4 is 0 Å². The molecule has 0 bridgehead atoms. The average molecular weight is 370 g/mol. The summed E-state index contributed by atoms with van der Waals surface area (Å²) >= 11 is 0. The predicted octanol–water partition coefficient (Wildman–Crippen LogP) is 5.52. The molecule has 28 heavy (non-hydrogen) atoms. The Hall–Kier alpha value is -2.65. The molecule has 3 heteroatoms. The fraction of sp³-hybridized carbons (Fsp3) is 0.320. The number of rotatable bonds is 3. The molecule has 1 aliphatic carbocycles. The van der Waals surface area contributed by atoms with E-state index in [-0.39, 0.29) is 5.41 Å². The lowest BCUT2D eigenvalue weighted by Crippen LogP contribution is -2.40. The second-order valence-electron chi connectivity index (χ2n) is 8.19. The molecule has 0 atom stereocenters. The number of aryl methyl sites for hydroxylation is 2. The van der Waals surface area contributed by atoms with Crippen LogP contribution in [0.2, 0.25) is 0 Å². The number of likely N-dealkylation sites (tertiary alicyclic amines) is 1. The summed E-state index contributed by atoms with van der Waals surface area (Å²) in [5.41, 5.74) is 6.49. The van der Waals surface area contributed by atoms with Crippen LogP contribution in [0.5, 0.6) is 0 Å². The molecule has 1 aliphatic heterocycles. The van der Waals surface area contributed by atoms with Gasteiger partial charge in [0.1, 0.15) is 5.76 Å². The molecule has 1 saturated heterocycles. The highest BCUT2D eigenvalue weighted by molar-refractivity contribution is 5.65. The molecule has 3 aromatic rings. The largest absolute Gasteiger partial charge is 0.441 e. The number of hydrogen-bond acceptors (Lipinski definition) is 3. The van der Waals surface area contributed by atoms with E-state index in [1.54, 1.807) is 0 Å². The van der Waals surface area contributed by atoms with E-state index in [0.29, 0.717) is 0 Å². The minimum absolute atomic E-state index is 0.234. The maximum absolute atomic E-state index is 6.01. The number of benzene rings is 2. The van der Waals surface area contributed by atoms with E-state index >= 15 is 0 Å². The van der Waals surface area contributed by atoms with Gasteiger partial charge in [-0.25, -0.2) is 4.98 Å². The number of fused-ring (bicyclic) bond motifs is 2. The van der Waals surface area contributed by atoms with Crippen molar-refractivity contribution in [1.82, 2.24) is 9.88 Å². The summed E-state index contributed by atoms with van der Waals surface area (Å²) in [6, 6.07) is 17.1. The van der Waals surface area contributed by atoms with Crippen LogP contribution >= 0.6 is 0 Å². The first-order chi connectivity index (χ1) is 13.6. The number of aromatic nitrogens is 1. The highest BCUT2D eigenvalue weighted by Crippen LogP contribution is 2.43. The van der Waals surface area contributed by atoms with Crippen molar-refractivity contribution in [3.8, 4) is 11.5 Å². The molecule has 0 radical (unpaired) electrons. The summed E-state index contributed by atoms with van der Waals surface area (Å²) in [4.78, 5) is 7.36. The summed E-state index contributed by atoms with van der Waals surface area (Å²) in [6.07, 6.45) is 7.08. The Kier molecular flexibility index (Phi) is 4.21. The first kappa shape index (κ1) is 17.4. The molecule has 1 fully saturated rings. The number of hydrogen-bond donors (Lipinski definition) is 0. The molecule has 2 aromatic carbocycles. The van der Waals surface area contributed by atoms with E-state index in [9.17, 15) is 0 Å². The quantitative estimate of drug-likeness (QED) is 0.608. The first-order valence-electron chi connectivity index (χ1n) is 10.2. The molecule has 0 N–H and O–H groups in total. The molecule has 2 aliphatic rings. The van der Waals surface area contributed by atoms with Crippen molar-refractivity contribution in [3.63, 3.8) is 0 Å². The van der Waals surface area contributed by atoms with Gasteiger partial charge in [-0.1, -0.05) is 54.6 Å². The Morgan fingerprint density at radius 2 is 1.75 bits per heavy atom. The minimum atomic E-state index is 0.234. The lowest BCUT2D eigenvalue weighted by Gasteiger charge is -2.39. The Morgan fingerprint density at radius 3 is 2.57 bits per heavy atom. The fourth-order valence-corrected chi connectivity index (χ4v) is 4.70. The Morgan fingerprint density at radius 1 is 1.00 bits per heavy atom. The van der Waals surface area contributed by atoms with Gasteiger partial charge in [-0.05, 0) is 62.5 Å². The number of allylic oxidation sites excluding steroid dienone is 1. The van der Waals surface area contributed by atoms with E-state index in [1.165, 1.54) is 29.5 Å². The Bertz CT molecular complexity index is 1040. The van der Waals surface area contributed by atoms with Crippen LogP contribution in [-0.4, -0.2) is 23.0 Å². The Labute approximate surface area is 166 Å².